The number of carbonyl (C=O) groups excluding carboxylic acids is 1. The number of carbonyl (C=O) groups is 1. The Bertz CT molecular complexity index is 1040. The van der Waals surface area contributed by atoms with Gasteiger partial charge in [0.2, 0.25) is 11.5 Å². The molecule has 0 aliphatic carbocycles. The van der Waals surface area contributed by atoms with Crippen molar-refractivity contribution in [1.82, 2.24) is 10.4 Å². The van der Waals surface area contributed by atoms with E-state index in [4.69, 9.17) is 39.6 Å². The number of likely N-dealkylation sites (tertiary alicyclic amines) is 1. The lowest BCUT2D eigenvalue weighted by molar-refractivity contribution is -0.269. The van der Waals surface area contributed by atoms with E-state index < -0.39 is 11.8 Å². The molecule has 0 bridgehead atoms. The second-order valence-corrected chi connectivity index (χ2v) is 8.68. The molecule has 1 unspecified atom stereocenters. The molecule has 0 saturated carbocycles. The van der Waals surface area contributed by atoms with Crippen molar-refractivity contribution < 1.29 is 22.8 Å². The predicted molar refractivity (Wildman–Crippen MR) is 113 cm³/mol. The Labute approximate surface area is 191 Å². The van der Waals surface area contributed by atoms with Gasteiger partial charge in [-0.1, -0.05) is 59.1 Å². The van der Waals surface area contributed by atoms with Crippen LogP contribution in [0.25, 0.3) is 5.70 Å². The standard InChI is InChI=1S/C21H16Cl3F3N2O2/c1-11(30)29-9-14(10-29)12-2-4-13(5-3-12)18-8-20(31-28-18,21(25,26)27)15-6-16(22)19(24)17(23)7-15/h2-8,14,28H,9-10H2,1H3. The zero-order valence-electron chi connectivity index (χ0n) is 16.1. The first-order chi connectivity index (χ1) is 14.5. The van der Waals surface area contributed by atoms with E-state index in [0.717, 1.165) is 23.8 Å². The molecule has 4 rings (SSSR count). The normalized spacial score (nSPS) is 21.5. The van der Waals surface area contributed by atoms with Crippen LogP contribution in [-0.4, -0.2) is 30.1 Å². The van der Waals surface area contributed by atoms with Crippen molar-refractivity contribution in [2.24, 2.45) is 0 Å². The molecule has 10 heteroatoms. The van der Waals surface area contributed by atoms with Crippen molar-refractivity contribution in [2.45, 2.75) is 24.6 Å². The lowest BCUT2D eigenvalue weighted by Gasteiger charge is -2.39. The van der Waals surface area contributed by atoms with Crippen LogP contribution in [0.2, 0.25) is 15.1 Å². The van der Waals surface area contributed by atoms with Gasteiger partial charge in [0.1, 0.15) is 0 Å². The first-order valence-corrected chi connectivity index (χ1v) is 10.4. The van der Waals surface area contributed by atoms with E-state index in [0.29, 0.717) is 18.7 Å². The fraction of sp³-hybridized carbons (Fsp3) is 0.286. The third kappa shape index (κ3) is 3.89. The zero-order chi connectivity index (χ0) is 22.6. The summed E-state index contributed by atoms with van der Waals surface area (Å²) < 4.78 is 42.4. The number of hydrogen-bond donors (Lipinski definition) is 1. The quantitative estimate of drug-likeness (QED) is 0.542. The van der Waals surface area contributed by atoms with Crippen molar-refractivity contribution in [2.75, 3.05) is 13.1 Å². The highest BCUT2D eigenvalue weighted by molar-refractivity contribution is 6.48. The smallest absolute Gasteiger partial charge is 0.342 e. The number of alkyl halides is 3. The molecule has 2 aromatic rings. The summed E-state index contributed by atoms with van der Waals surface area (Å²) in [5, 5.41) is -0.250. The van der Waals surface area contributed by atoms with Gasteiger partial charge in [-0.05, 0) is 29.3 Å². The van der Waals surface area contributed by atoms with Crippen LogP contribution in [0.15, 0.2) is 42.5 Å². The number of nitrogens with zero attached hydrogens (tertiary/aromatic N) is 1. The minimum atomic E-state index is -4.80. The van der Waals surface area contributed by atoms with Gasteiger partial charge in [-0.2, -0.15) is 13.2 Å². The molecule has 1 amide bonds. The second-order valence-electron chi connectivity index (χ2n) is 7.49. The number of nitrogens with one attached hydrogen (secondary N) is 1. The van der Waals surface area contributed by atoms with Crippen LogP contribution in [0, 0.1) is 0 Å². The molecule has 1 fully saturated rings. The van der Waals surface area contributed by atoms with Gasteiger partial charge in [0.05, 0.1) is 20.8 Å². The molecular weight excluding hydrogens is 476 g/mol. The maximum Gasteiger partial charge on any atom is 0.428 e. The molecule has 2 heterocycles. The van der Waals surface area contributed by atoms with Gasteiger partial charge in [0.25, 0.3) is 0 Å². The van der Waals surface area contributed by atoms with Crippen LogP contribution in [0.1, 0.15) is 29.5 Å². The monoisotopic (exact) mass is 490 g/mol. The van der Waals surface area contributed by atoms with E-state index in [1.165, 1.54) is 6.92 Å². The Balaban J connectivity index is 1.64. The van der Waals surface area contributed by atoms with Crippen LogP contribution < -0.4 is 5.48 Å². The molecule has 2 aliphatic heterocycles. The summed E-state index contributed by atoms with van der Waals surface area (Å²) in [6.45, 7) is 2.79. The highest BCUT2D eigenvalue weighted by Gasteiger charge is 2.59. The van der Waals surface area contributed by atoms with Gasteiger partial charge in [-0.25, -0.2) is 0 Å². The first kappa shape index (κ1) is 22.3. The maximum atomic E-state index is 14.1. The van der Waals surface area contributed by atoms with Gasteiger partial charge in [-0.3, -0.25) is 15.1 Å². The van der Waals surface area contributed by atoms with Crippen LogP contribution in [0.4, 0.5) is 13.2 Å². The molecule has 164 valence electrons. The van der Waals surface area contributed by atoms with E-state index >= 15 is 0 Å². The maximum absolute atomic E-state index is 14.1. The number of benzene rings is 2. The number of rotatable bonds is 3. The van der Waals surface area contributed by atoms with Crippen LogP contribution in [0.3, 0.4) is 0 Å². The molecule has 4 nitrogen and oxygen atoms in total. The summed E-state index contributed by atoms with van der Waals surface area (Å²) in [4.78, 5) is 18.1. The Morgan fingerprint density at radius 2 is 1.71 bits per heavy atom. The first-order valence-electron chi connectivity index (χ1n) is 9.26. The fourth-order valence-electron chi connectivity index (χ4n) is 3.64. The summed E-state index contributed by atoms with van der Waals surface area (Å²) in [5.41, 5.74) is 1.00. The van der Waals surface area contributed by atoms with Crippen molar-refractivity contribution >= 4 is 46.4 Å². The van der Waals surface area contributed by atoms with Gasteiger partial charge in [0.15, 0.2) is 0 Å². The van der Waals surface area contributed by atoms with Crippen LogP contribution in [-0.2, 0) is 15.2 Å². The Hall–Kier alpha value is -1.93. The fourth-order valence-corrected chi connectivity index (χ4v) is 4.23. The summed E-state index contributed by atoms with van der Waals surface area (Å²) in [7, 11) is 0. The number of hydroxylamine groups is 1. The van der Waals surface area contributed by atoms with Crippen molar-refractivity contribution in [3.05, 3.63) is 74.2 Å². The zero-order valence-corrected chi connectivity index (χ0v) is 18.3. The average Bonchev–Trinajstić information content (AvgIpc) is 3.11. The third-order valence-corrected chi connectivity index (χ3v) is 6.72. The molecule has 0 radical (unpaired) electrons. The molecular formula is C21H16Cl3F3N2O2. The van der Waals surface area contributed by atoms with Gasteiger partial charge >= 0.3 is 6.18 Å². The number of amides is 1. The molecule has 2 aromatic carbocycles. The SMILES string of the molecule is CC(=O)N1CC(c2ccc(C3=CC(c4cc(Cl)c(Cl)c(Cl)c4)(C(F)(F)F)ON3)cc2)C1. The largest absolute Gasteiger partial charge is 0.428 e. The van der Waals surface area contributed by atoms with Gasteiger partial charge < -0.3 is 4.90 Å². The number of halogens is 6. The average molecular weight is 492 g/mol. The van der Waals surface area contributed by atoms with Crippen LogP contribution >= 0.6 is 34.8 Å². The Morgan fingerprint density at radius 3 is 2.23 bits per heavy atom. The second kappa shape index (κ2) is 7.89. The topological polar surface area (TPSA) is 41.6 Å². The summed E-state index contributed by atoms with van der Waals surface area (Å²) in [6, 6.07) is 9.27. The Morgan fingerprint density at radius 1 is 1.13 bits per heavy atom. The number of hydrogen-bond acceptors (Lipinski definition) is 3. The molecule has 1 saturated heterocycles. The van der Waals surface area contributed by atoms with Crippen LogP contribution in [0.5, 0.6) is 0 Å². The minimum Gasteiger partial charge on any atom is -0.342 e. The molecule has 1 N–H and O–H groups in total. The predicted octanol–water partition coefficient (Wildman–Crippen LogP) is 5.93. The molecule has 2 aliphatic rings. The van der Waals surface area contributed by atoms with Crippen molar-refractivity contribution in [3.63, 3.8) is 0 Å². The van der Waals surface area contributed by atoms with Gasteiger partial charge in [-0.15, -0.1) is 0 Å². The van der Waals surface area contributed by atoms with E-state index in [1.54, 1.807) is 17.0 Å². The molecule has 31 heavy (non-hydrogen) atoms. The Kier molecular flexibility index (Phi) is 5.67. The van der Waals surface area contributed by atoms with Crippen molar-refractivity contribution in [3.8, 4) is 0 Å². The van der Waals surface area contributed by atoms with E-state index in [2.05, 4.69) is 5.48 Å². The third-order valence-electron chi connectivity index (χ3n) is 5.52. The lowest BCUT2D eigenvalue weighted by Crippen LogP contribution is -2.47. The lowest BCUT2D eigenvalue weighted by atomic mass is 9.89. The van der Waals surface area contributed by atoms with E-state index in [1.807, 2.05) is 12.1 Å². The highest BCUT2D eigenvalue weighted by atomic mass is 35.5. The molecule has 0 spiro atoms. The van der Waals surface area contributed by atoms with E-state index in [-0.39, 0.29) is 38.2 Å². The molecule has 0 aromatic heterocycles. The van der Waals surface area contributed by atoms with Crippen molar-refractivity contribution in [1.29, 1.82) is 0 Å². The molecule has 1 atom stereocenters. The van der Waals surface area contributed by atoms with Gasteiger partial charge in [0, 0.05) is 31.5 Å². The van der Waals surface area contributed by atoms with E-state index in [9.17, 15) is 18.0 Å². The minimum absolute atomic E-state index is 0.0243. The summed E-state index contributed by atoms with van der Waals surface area (Å²) in [5.74, 6) is 0.239. The highest BCUT2D eigenvalue weighted by Crippen LogP contribution is 2.49. The summed E-state index contributed by atoms with van der Waals surface area (Å²) in [6.07, 6.45) is -3.84. The summed E-state index contributed by atoms with van der Waals surface area (Å²) >= 11 is 17.8.